The van der Waals surface area contributed by atoms with Crippen LogP contribution in [0.1, 0.15) is 164 Å². The molecule has 4 N–H and O–H groups in total. The third-order valence-electron chi connectivity index (χ3n) is 26.6. The highest BCUT2D eigenvalue weighted by Crippen LogP contribution is 2.44. The average Bonchev–Trinajstić information content (AvgIpc) is 0.803. The van der Waals surface area contributed by atoms with E-state index in [1.54, 1.807) is 79.1 Å². The number of ether oxygens (including phenoxy) is 16. The normalized spacial score (nSPS) is 16.6. The van der Waals surface area contributed by atoms with Crippen LogP contribution in [0.15, 0.2) is 200 Å². The monoisotopic (exact) mass is 1850 g/mol. The third-order valence-corrected chi connectivity index (χ3v) is 26.6. The number of carbonyl (C=O) groups is 4. The summed E-state index contributed by atoms with van der Waals surface area (Å²) in [6.45, 7) is 22.5. The Morgan fingerprint density at radius 2 is 0.563 bits per heavy atom. The predicted molar refractivity (Wildman–Crippen MR) is 521 cm³/mol. The molecule has 26 nitrogen and oxygen atoms in total. The van der Waals surface area contributed by atoms with Gasteiger partial charge < -0.3 is 97.1 Å². The standard InChI is InChI=1S/C30H35NO5.C27H37NO5.C26H34N2O6.C26H34N2O4/c1-33-26-19-25(20-27(34-2)28(26)36-21-24-11-7-4-8-12-24)29(32)31-22-30(15-17-35-18-16-30)14-13-23-9-5-3-6-10-23;1-4-5-15-33-25-23(30-2)18-22(19-24(25)31-3)26(29)28-20-27(13-16-32-17-14-27)12-11-21-9-7-6-8-10-21;1-30-22-16-21(17-23(31-2)24(22)34-18-20-6-4-3-5-7-20)25(29)27-19-26(8-12-32-13-9-26)28-10-14-33-15-11-28;1-20-16-23(17-21(2)24(20)32-18-22-6-4-3-5-7-22)25(29)27-19-26(8-12-30-13-9-26)28-10-14-31-15-11-28/h3-12,19-20H,13-18,21-22H2,1-2H3,(H,31,32);6-10,18-19H,4-5,11-17,20H2,1-3H3,(H,28,29);3-7,16-17H,8-15,18-19H2,1-2H3,(H,27,29);3-7,16-17H,8-15,18-19H2,1-2H3,(H,27,29). The van der Waals surface area contributed by atoms with E-state index in [0.717, 1.165) is 216 Å². The highest BCUT2D eigenvalue weighted by atomic mass is 16.6. The molecule has 0 unspecified atom stereocenters. The van der Waals surface area contributed by atoms with Crippen molar-refractivity contribution >= 4 is 23.6 Å². The fourth-order valence-electron chi connectivity index (χ4n) is 18.2. The number of morpholine rings is 2. The summed E-state index contributed by atoms with van der Waals surface area (Å²) in [4.78, 5) is 57.6. The van der Waals surface area contributed by atoms with E-state index < -0.39 is 0 Å². The molecule has 6 saturated heterocycles. The molecule has 9 aromatic rings. The Bertz CT molecular complexity index is 5000. The molecule has 0 radical (unpaired) electrons. The molecule has 15 rings (SSSR count). The van der Waals surface area contributed by atoms with Crippen LogP contribution in [0.25, 0.3) is 0 Å². The van der Waals surface area contributed by atoms with Crippen molar-refractivity contribution < 1.29 is 95.0 Å². The van der Waals surface area contributed by atoms with Crippen molar-refractivity contribution in [2.24, 2.45) is 10.8 Å². The molecule has 4 amide bonds. The largest absolute Gasteiger partial charge is 0.493 e. The number of amides is 4. The SMILES string of the molecule is CCCCOc1c(OC)cc(C(=O)NCC2(CCc3ccccc3)CCOCC2)cc1OC.COc1cc(C(=O)NCC2(CCc3ccccc3)CCOCC2)cc(OC)c1OCc1ccccc1.COc1cc(C(=O)NCC2(N3CCOCC3)CCOCC2)cc(OC)c1OCc1ccccc1.Cc1cc(C(=O)NCC2(N3CCOCC3)CCOCC2)cc(C)c1OCc1ccccc1. The first-order valence-electron chi connectivity index (χ1n) is 47.6. The van der Waals surface area contributed by atoms with Crippen LogP contribution in [0.5, 0.6) is 57.5 Å². The van der Waals surface area contributed by atoms with Crippen molar-refractivity contribution in [1.82, 2.24) is 31.1 Å². The zero-order chi connectivity index (χ0) is 94.9. The predicted octanol–water partition coefficient (Wildman–Crippen LogP) is 16.9. The van der Waals surface area contributed by atoms with Crippen LogP contribution in [0.4, 0.5) is 0 Å². The molecular weight excluding hydrogens is 1710 g/mol. The van der Waals surface area contributed by atoms with Crippen LogP contribution >= 0.6 is 0 Å². The molecular formula is C109H140N6O20. The molecule has 0 atom stereocenters. The van der Waals surface area contributed by atoms with Gasteiger partial charge in [-0.1, -0.05) is 165 Å². The summed E-state index contributed by atoms with van der Waals surface area (Å²) in [5.41, 5.74) is 9.73. The van der Waals surface area contributed by atoms with Crippen molar-refractivity contribution in [3.63, 3.8) is 0 Å². The van der Waals surface area contributed by atoms with Gasteiger partial charge in [0.05, 0.1) is 75.7 Å². The van der Waals surface area contributed by atoms with E-state index in [4.69, 9.17) is 75.8 Å². The van der Waals surface area contributed by atoms with Gasteiger partial charge in [-0.2, -0.15) is 0 Å². The first-order chi connectivity index (χ1) is 65.9. The summed E-state index contributed by atoms with van der Waals surface area (Å²) in [7, 11) is 9.38. The Kier molecular flexibility index (Phi) is 40.4. The first kappa shape index (κ1) is 102. The minimum atomic E-state index is -0.176. The summed E-state index contributed by atoms with van der Waals surface area (Å²) in [5, 5.41) is 12.7. The lowest BCUT2D eigenvalue weighted by atomic mass is 9.75. The van der Waals surface area contributed by atoms with Crippen molar-refractivity contribution in [2.75, 3.05) is 181 Å². The molecule has 0 aliphatic carbocycles. The summed E-state index contributed by atoms with van der Waals surface area (Å²) in [5.74, 6) is 4.64. The van der Waals surface area contributed by atoms with Gasteiger partial charge in [0.1, 0.15) is 25.6 Å². The maximum absolute atomic E-state index is 13.2. The van der Waals surface area contributed by atoms with E-state index in [1.165, 1.54) is 11.1 Å². The van der Waals surface area contributed by atoms with Gasteiger partial charge in [-0.3, -0.25) is 29.0 Å². The number of hydrogen-bond donors (Lipinski definition) is 4. The van der Waals surface area contributed by atoms with Crippen LogP contribution in [0.2, 0.25) is 0 Å². The van der Waals surface area contributed by atoms with E-state index in [1.807, 2.05) is 129 Å². The fourth-order valence-corrected chi connectivity index (χ4v) is 18.2. The number of aryl methyl sites for hydroxylation is 4. The molecule has 0 aromatic heterocycles. The van der Waals surface area contributed by atoms with Gasteiger partial charge in [-0.25, -0.2) is 0 Å². The van der Waals surface area contributed by atoms with E-state index in [-0.39, 0.29) is 45.5 Å². The lowest BCUT2D eigenvalue weighted by molar-refractivity contribution is -0.0693. The van der Waals surface area contributed by atoms with Gasteiger partial charge in [-0.15, -0.1) is 0 Å². The first-order valence-corrected chi connectivity index (χ1v) is 47.6. The van der Waals surface area contributed by atoms with Crippen molar-refractivity contribution in [3.05, 3.63) is 261 Å². The zero-order valence-corrected chi connectivity index (χ0v) is 80.5. The van der Waals surface area contributed by atoms with Gasteiger partial charge in [0.2, 0.25) is 17.2 Å². The van der Waals surface area contributed by atoms with Crippen LogP contribution in [-0.2, 0) is 61.1 Å². The Morgan fingerprint density at radius 1 is 0.311 bits per heavy atom. The number of nitrogens with one attached hydrogen (secondary N) is 4. The maximum atomic E-state index is 13.2. The minimum absolute atomic E-state index is 0.0106. The molecule has 135 heavy (non-hydrogen) atoms. The number of methoxy groups -OCH3 is 6. The fraction of sp³-hybridized carbons (Fsp3) is 0.468. The second-order valence-electron chi connectivity index (χ2n) is 35.4. The second kappa shape index (κ2) is 53.2. The maximum Gasteiger partial charge on any atom is 0.251 e. The van der Waals surface area contributed by atoms with Crippen molar-refractivity contribution in [3.8, 4) is 57.5 Å². The minimum Gasteiger partial charge on any atom is -0.493 e. The summed E-state index contributed by atoms with van der Waals surface area (Å²) >= 11 is 0. The molecule has 0 saturated carbocycles. The average molecular weight is 1850 g/mol. The number of unbranched alkanes of at least 4 members (excludes halogenated alkanes) is 1. The Labute approximate surface area is 797 Å². The zero-order valence-electron chi connectivity index (χ0n) is 80.5. The van der Waals surface area contributed by atoms with E-state index >= 15 is 0 Å². The third kappa shape index (κ3) is 29.8. The number of carbonyl (C=O) groups excluding carboxylic acids is 4. The molecule has 9 aromatic carbocycles. The van der Waals surface area contributed by atoms with Crippen molar-refractivity contribution in [2.45, 2.75) is 142 Å². The van der Waals surface area contributed by atoms with Crippen LogP contribution in [-0.4, -0.2) is 225 Å². The lowest BCUT2D eigenvalue weighted by Crippen LogP contribution is -2.61. The van der Waals surface area contributed by atoms with Gasteiger partial charge in [0, 0.05) is 139 Å². The second-order valence-corrected chi connectivity index (χ2v) is 35.4. The van der Waals surface area contributed by atoms with E-state index in [2.05, 4.69) is 86.5 Å². The highest BCUT2D eigenvalue weighted by Gasteiger charge is 2.42. The topological polar surface area (TPSA) is 271 Å². The molecule has 6 fully saturated rings. The Hall–Kier alpha value is -11.5. The molecule has 26 heteroatoms. The molecule has 0 bridgehead atoms. The van der Waals surface area contributed by atoms with Gasteiger partial charge in [0.15, 0.2) is 34.5 Å². The van der Waals surface area contributed by atoms with Gasteiger partial charge in [-0.05, 0) is 196 Å². The summed E-state index contributed by atoms with van der Waals surface area (Å²) in [6, 6.07) is 64.9. The molecule has 6 heterocycles. The molecule has 726 valence electrons. The number of nitrogens with zero attached hydrogens (tertiary/aromatic N) is 2. The van der Waals surface area contributed by atoms with Crippen molar-refractivity contribution in [1.29, 1.82) is 0 Å². The Balaban J connectivity index is 0.000000162. The smallest absolute Gasteiger partial charge is 0.251 e. The quantitative estimate of drug-likeness (QED) is 0.0261. The molecule has 6 aliphatic heterocycles. The van der Waals surface area contributed by atoms with Crippen LogP contribution in [0.3, 0.4) is 0 Å². The summed E-state index contributed by atoms with van der Waals surface area (Å²) < 4.78 is 90.8. The van der Waals surface area contributed by atoms with Gasteiger partial charge >= 0.3 is 0 Å². The van der Waals surface area contributed by atoms with E-state index in [0.29, 0.717) is 140 Å². The van der Waals surface area contributed by atoms with E-state index in [9.17, 15) is 19.2 Å². The lowest BCUT2D eigenvalue weighted by Gasteiger charge is -2.47. The van der Waals surface area contributed by atoms with Crippen LogP contribution in [0, 0.1) is 24.7 Å². The number of benzene rings is 9. The summed E-state index contributed by atoms with van der Waals surface area (Å²) in [6.07, 6.45) is 13.3. The van der Waals surface area contributed by atoms with Gasteiger partial charge in [0.25, 0.3) is 23.6 Å². The number of rotatable bonds is 39. The number of hydrogen-bond acceptors (Lipinski definition) is 22. The molecule has 6 aliphatic rings. The highest BCUT2D eigenvalue weighted by molar-refractivity contribution is 5.97. The van der Waals surface area contributed by atoms with Crippen LogP contribution < -0.4 is 68.6 Å². The Morgan fingerprint density at radius 3 is 0.852 bits per heavy atom. The molecule has 0 spiro atoms.